The van der Waals surface area contributed by atoms with Crippen LogP contribution in [0.3, 0.4) is 0 Å². The van der Waals surface area contributed by atoms with Gasteiger partial charge in [-0.3, -0.25) is 29.0 Å². The number of nitrogens with zero attached hydrogens (tertiary/aromatic N) is 6. The summed E-state index contributed by atoms with van der Waals surface area (Å²) >= 11 is 0. The van der Waals surface area contributed by atoms with E-state index in [9.17, 15) is 29.4 Å². The van der Waals surface area contributed by atoms with Crippen LogP contribution in [0.25, 0.3) is 21.8 Å². The molecular weight excluding hydrogens is 1590 g/mol. The number of benzene rings is 4. The minimum atomic E-state index is -2.93. The Bertz CT molecular complexity index is 5350. The van der Waals surface area contributed by atoms with Crippen LogP contribution < -0.4 is 19.3 Å². The second-order valence-corrected chi connectivity index (χ2v) is 37.9. The number of aryl methyl sites for hydroxylation is 2. The van der Waals surface area contributed by atoms with Gasteiger partial charge in [0.1, 0.15) is 22.3 Å². The van der Waals surface area contributed by atoms with Crippen molar-refractivity contribution >= 4 is 69.0 Å². The zero-order valence-electron chi connectivity index (χ0n) is 73.5. The monoisotopic (exact) mass is 1700 g/mol. The zero-order chi connectivity index (χ0) is 87.9. The number of hydrogen-bond acceptors (Lipinski definition) is 22. The smallest absolute Gasteiger partial charge is 0.344 e. The lowest BCUT2D eigenvalue weighted by molar-refractivity contribution is -0.229. The Kier molecular flexibility index (Phi) is 21.2. The number of carbonyl (C=O) groups excluding carboxylic acids is 6. The summed E-state index contributed by atoms with van der Waals surface area (Å²) in [5.41, 5.74) is -0.813. The third-order valence-electron chi connectivity index (χ3n) is 31.9. The fourth-order valence-corrected chi connectivity index (χ4v) is 27.3. The highest BCUT2D eigenvalue weighted by Crippen LogP contribution is 2.71. The SMILES string of the molecule is CC[C@]12C=CCN3CC[C@@]4(c5cc([C@@]6(C(=O)OC)C[C@H]7CC(C(C)(F)F)CN(CCc8c6[nH]c6ccc(C)cc86)C7)c(OC)cc5N(C)[C@H]4[C@@](O)(C(=O)OC)[C@@H]1OC(C)=O)[C@@H]32.CCc1ccc2[nH]c3c(c2c1)CCN1CC(C(C)(F)F)C[C@@H](C1)C[C@]3(C(=O)OC)c1cc2c(cc1OC)N(C)[C@H]1[C@@](O)(C(=O)OC)[C@H](OC(C)=O)[C@]3(CC)C=CCN4CC[C@]21[C@@H]43. The summed E-state index contributed by atoms with van der Waals surface area (Å²) in [6.45, 7) is 17.7. The van der Waals surface area contributed by atoms with Crippen molar-refractivity contribution in [1.82, 2.24) is 29.6 Å². The topological polar surface area (TPSA) is 268 Å². The maximum Gasteiger partial charge on any atom is 0.344 e. The maximum absolute atomic E-state index is 15.4. The molecule has 24 nitrogen and oxygen atoms in total. The third-order valence-corrected chi connectivity index (χ3v) is 31.9. The van der Waals surface area contributed by atoms with Crippen LogP contribution in [0.2, 0.25) is 0 Å². The first kappa shape index (κ1) is 86.1. The lowest BCUT2D eigenvalue weighted by Crippen LogP contribution is -2.81. The Hall–Kier alpha value is -9.06. The summed E-state index contributed by atoms with van der Waals surface area (Å²) in [7, 11) is 11.9. The summed E-state index contributed by atoms with van der Waals surface area (Å²) in [6.07, 6.45) is 9.90. The van der Waals surface area contributed by atoms with E-state index in [4.69, 9.17) is 37.9 Å². The Balaban J connectivity index is 0.000000175. The molecule has 4 saturated heterocycles. The number of likely N-dealkylation sites (N-methyl/N-ethyl adjacent to an activating group) is 2. The first-order chi connectivity index (χ1) is 58.4. The highest BCUT2D eigenvalue weighted by atomic mass is 19.3. The number of methoxy groups -OCH3 is 6. The van der Waals surface area contributed by atoms with Gasteiger partial charge < -0.3 is 77.7 Å². The number of aromatic amines is 2. The number of anilines is 2. The number of esters is 6. The van der Waals surface area contributed by atoms with Crippen molar-refractivity contribution in [1.29, 1.82) is 0 Å². The molecule has 4 aromatic carbocycles. The summed E-state index contributed by atoms with van der Waals surface area (Å²) < 4.78 is 109. The maximum atomic E-state index is 15.4. The Morgan fingerprint density at radius 3 is 1.30 bits per heavy atom. The van der Waals surface area contributed by atoms with Gasteiger partial charge in [0.2, 0.25) is 23.0 Å². The zero-order valence-corrected chi connectivity index (χ0v) is 73.5. The molecule has 0 amide bonds. The van der Waals surface area contributed by atoms with Crippen LogP contribution in [-0.2, 0) is 98.1 Å². The van der Waals surface area contributed by atoms with E-state index < -0.39 is 127 Å². The number of hydrogen-bond donors (Lipinski definition) is 4. The van der Waals surface area contributed by atoms with Crippen LogP contribution in [0.1, 0.15) is 156 Å². The standard InChI is InChI=1S/C48H60F2N4O8.C47H58F2N4O8/c1-9-28-12-13-35-32(21-28)31-14-18-53-25-29(20-30(26-53)44(4,49)50)24-47(38(31)51-35,42(56)60-7)34-22-33-36(23-37(34)59-6)52(5)40-46(33)16-19-54-17-11-15-45(10-2,39(46)54)41(62-27(3)55)48(40,58)43(57)61-8;1-9-44-14-10-16-53-18-15-45(38(44)53)32-21-33(36(58-6)22-35(32)51(5)39(45)47(57,42(56)60-8)40(44)61-27(3)54)46(41(55)59-7)23-28-20-29(43(4,48)49)25-52(24-28)17-13-30-31-19-26(2)11-12-34(31)50-37(30)46/h11-13,15,21-23,29-30,39-41,51,58H,9-10,14,16-20,24-26H2,1-8H3;10-12,14,19,21-22,28-29,38-40,50,57H,9,13,15-18,20,23-25H2,1-8H3/t29-,30?,39+,40-,41-,45-,46-,47+,48+;28-,29?,38+,39-,40-,44-,45-,46+,47+/m11/s1. The fourth-order valence-electron chi connectivity index (χ4n) is 27.3. The van der Waals surface area contributed by atoms with Crippen molar-refractivity contribution in [2.75, 3.05) is 132 Å². The van der Waals surface area contributed by atoms with Gasteiger partial charge in [0.05, 0.1) is 54.7 Å². The number of aromatic nitrogens is 2. The summed E-state index contributed by atoms with van der Waals surface area (Å²) in [6, 6.07) is 17.6. The predicted molar refractivity (Wildman–Crippen MR) is 453 cm³/mol. The first-order valence-electron chi connectivity index (χ1n) is 43.8. The molecule has 123 heavy (non-hydrogen) atoms. The van der Waals surface area contributed by atoms with E-state index in [1.807, 2.05) is 111 Å². The molecule has 4 N–H and O–H groups in total. The van der Waals surface area contributed by atoms with Gasteiger partial charge in [0, 0.05) is 194 Å². The van der Waals surface area contributed by atoms with Crippen molar-refractivity contribution in [2.45, 2.75) is 207 Å². The van der Waals surface area contributed by atoms with E-state index in [-0.39, 0.29) is 62.7 Å². The van der Waals surface area contributed by atoms with Gasteiger partial charge in [-0.05, 0) is 181 Å². The van der Waals surface area contributed by atoms with E-state index in [1.165, 1.54) is 42.3 Å². The summed E-state index contributed by atoms with van der Waals surface area (Å²) in [5, 5.41) is 28.6. The van der Waals surface area contributed by atoms with Crippen molar-refractivity contribution in [3.8, 4) is 11.5 Å². The van der Waals surface area contributed by atoms with Crippen LogP contribution in [0.4, 0.5) is 28.9 Å². The highest BCUT2D eigenvalue weighted by molar-refractivity contribution is 5.97. The number of nitrogens with one attached hydrogen (secondary N) is 2. The van der Waals surface area contributed by atoms with Gasteiger partial charge in [-0.2, -0.15) is 0 Å². The van der Waals surface area contributed by atoms with E-state index in [0.29, 0.717) is 136 Å². The quantitative estimate of drug-likeness (QED) is 0.0322. The molecule has 18 rings (SSSR count). The molecule has 12 aliphatic rings. The molecule has 0 radical (unpaired) electrons. The number of halogens is 4. The van der Waals surface area contributed by atoms with Gasteiger partial charge in [-0.15, -0.1) is 0 Å². The molecule has 2 saturated carbocycles. The molecule has 28 heteroatoms. The molecule has 6 fully saturated rings. The Morgan fingerprint density at radius 1 is 0.520 bits per heavy atom. The molecule has 4 bridgehead atoms. The van der Waals surface area contributed by atoms with Crippen molar-refractivity contribution in [2.24, 2.45) is 34.5 Å². The Morgan fingerprint density at radius 2 is 0.927 bits per heavy atom. The number of H-pyrrole nitrogens is 2. The largest absolute Gasteiger partial charge is 0.496 e. The Labute approximate surface area is 715 Å². The third kappa shape index (κ3) is 12.1. The number of rotatable bonds is 15. The van der Waals surface area contributed by atoms with Crippen LogP contribution >= 0.6 is 0 Å². The fraction of sp³-hybridized carbons (Fsp3) is 0.600. The number of fused-ring (bicyclic) bond motifs is 12. The summed E-state index contributed by atoms with van der Waals surface area (Å²) in [4.78, 5) is 106. The van der Waals surface area contributed by atoms with Gasteiger partial charge >= 0.3 is 35.8 Å². The molecule has 2 spiro atoms. The molecule has 2 aromatic heterocycles. The predicted octanol–water partition coefficient (Wildman–Crippen LogP) is 11.1. The van der Waals surface area contributed by atoms with Crippen molar-refractivity contribution in [3.63, 3.8) is 0 Å². The first-order valence-corrected chi connectivity index (χ1v) is 43.8. The summed E-state index contributed by atoms with van der Waals surface area (Å²) in [5.74, 6) is -11.8. The second-order valence-electron chi connectivity index (χ2n) is 37.9. The number of carbonyl (C=O) groups is 6. The molecule has 20 atom stereocenters. The van der Waals surface area contributed by atoms with Crippen LogP contribution in [0, 0.1) is 41.4 Å². The molecule has 4 unspecified atom stereocenters. The molecule has 662 valence electrons. The lowest BCUT2D eigenvalue weighted by Gasteiger charge is -2.63. The van der Waals surface area contributed by atoms with Gasteiger partial charge in [0.15, 0.2) is 12.2 Å². The van der Waals surface area contributed by atoms with E-state index in [0.717, 1.165) is 75.5 Å². The number of ether oxygens (including phenoxy) is 8. The molecule has 6 aromatic rings. The van der Waals surface area contributed by atoms with Crippen LogP contribution in [0.5, 0.6) is 11.5 Å². The van der Waals surface area contributed by atoms with E-state index >= 15 is 27.2 Å². The average molecular weight is 1700 g/mol. The van der Waals surface area contributed by atoms with Crippen molar-refractivity contribution < 1.29 is 94.4 Å². The molecule has 10 aliphatic heterocycles. The molecule has 12 heterocycles. The number of piperidine rings is 2. The molecule has 2 aliphatic carbocycles. The average Bonchev–Trinajstić information content (AvgIpc) is 1.49. The lowest BCUT2D eigenvalue weighted by atomic mass is 9.47. The number of alkyl halides is 4. The minimum Gasteiger partial charge on any atom is -0.496 e. The number of aliphatic hydroxyl groups is 2. The van der Waals surface area contributed by atoms with Crippen molar-refractivity contribution in [3.05, 3.63) is 141 Å². The van der Waals surface area contributed by atoms with Crippen LogP contribution in [0.15, 0.2) is 85.0 Å². The van der Waals surface area contributed by atoms with Gasteiger partial charge in [-0.25, -0.2) is 27.2 Å². The second kappa shape index (κ2) is 30.3. The minimum absolute atomic E-state index is 0.154. The van der Waals surface area contributed by atoms with E-state index in [1.54, 1.807) is 14.2 Å². The highest BCUT2D eigenvalue weighted by Gasteiger charge is 2.83. The van der Waals surface area contributed by atoms with E-state index in [2.05, 4.69) is 54.7 Å². The molecular formula is C95H118F4N8O16. The van der Waals surface area contributed by atoms with Gasteiger partial charge in [-0.1, -0.05) is 62.8 Å². The normalized spacial score (nSPS) is 35.0. The van der Waals surface area contributed by atoms with Crippen LogP contribution in [-0.4, -0.2) is 257 Å². The van der Waals surface area contributed by atoms with Gasteiger partial charge in [0.25, 0.3) is 0 Å².